The third-order valence-corrected chi connectivity index (χ3v) is 3.44. The van der Waals surface area contributed by atoms with Gasteiger partial charge in [0.1, 0.15) is 0 Å². The van der Waals surface area contributed by atoms with E-state index in [1.807, 2.05) is 0 Å². The van der Waals surface area contributed by atoms with Gasteiger partial charge in [-0.1, -0.05) is 51.4 Å². The van der Waals surface area contributed by atoms with E-state index in [1.165, 1.54) is 12.8 Å². The second kappa shape index (κ2) is 2.94. The molecule has 0 atom stereocenters. The van der Waals surface area contributed by atoms with E-state index in [1.54, 1.807) is 38.5 Å². The molecule has 58 valence electrons. The van der Waals surface area contributed by atoms with E-state index in [4.69, 9.17) is 0 Å². The second-order valence-electron chi connectivity index (χ2n) is 4.17. The Morgan fingerprint density at radius 3 is 1.30 bits per heavy atom. The van der Waals surface area contributed by atoms with Gasteiger partial charge < -0.3 is 0 Å². The van der Waals surface area contributed by atoms with Crippen LogP contribution in [-0.2, 0) is 0 Å². The van der Waals surface area contributed by atoms with Crippen molar-refractivity contribution in [3.8, 4) is 0 Å². The van der Waals surface area contributed by atoms with Crippen molar-refractivity contribution in [2.24, 2.45) is 11.8 Å². The molecule has 3 aliphatic carbocycles. The van der Waals surface area contributed by atoms with Gasteiger partial charge in [-0.15, -0.1) is 0 Å². The van der Waals surface area contributed by atoms with Crippen molar-refractivity contribution in [3.05, 3.63) is 0 Å². The number of rotatable bonds is 0. The molecule has 0 amide bonds. The molecule has 0 unspecified atom stereocenters. The highest BCUT2D eigenvalue weighted by Crippen LogP contribution is 2.37. The number of hydrogen-bond acceptors (Lipinski definition) is 0. The van der Waals surface area contributed by atoms with Crippen LogP contribution in [0.15, 0.2) is 0 Å². The molecule has 0 heterocycles. The second-order valence-corrected chi connectivity index (χ2v) is 4.17. The summed E-state index contributed by atoms with van der Waals surface area (Å²) >= 11 is 0. The molecule has 0 N–H and O–H groups in total. The molecular formula is C10H18. The van der Waals surface area contributed by atoms with Gasteiger partial charge in [0.05, 0.1) is 0 Å². The monoisotopic (exact) mass is 138 g/mol. The highest BCUT2D eigenvalue weighted by Gasteiger charge is 2.22. The van der Waals surface area contributed by atoms with Crippen molar-refractivity contribution >= 4 is 0 Å². The van der Waals surface area contributed by atoms with Crippen LogP contribution in [0.25, 0.3) is 0 Å². The summed E-state index contributed by atoms with van der Waals surface area (Å²) in [4.78, 5) is 0. The Kier molecular flexibility index (Phi) is 1.97. The maximum atomic E-state index is 1.56. The predicted octanol–water partition coefficient (Wildman–Crippen LogP) is 3.37. The van der Waals surface area contributed by atoms with Crippen LogP contribution in [0.1, 0.15) is 51.4 Å². The predicted molar refractivity (Wildman–Crippen MR) is 43.9 cm³/mol. The fourth-order valence-corrected chi connectivity index (χ4v) is 2.67. The van der Waals surface area contributed by atoms with E-state index in [-0.39, 0.29) is 0 Å². The summed E-state index contributed by atoms with van der Waals surface area (Å²) in [5.74, 6) is 2.27. The van der Waals surface area contributed by atoms with Gasteiger partial charge in [-0.2, -0.15) is 0 Å². The van der Waals surface area contributed by atoms with Gasteiger partial charge in [-0.05, 0) is 11.8 Å². The van der Waals surface area contributed by atoms with Crippen molar-refractivity contribution in [2.75, 3.05) is 0 Å². The Balaban J connectivity index is 1.94. The smallest absolute Gasteiger partial charge is 0.0414 e. The normalized spacial score (nSPS) is 40.8. The first kappa shape index (κ1) is 6.69. The lowest BCUT2D eigenvalue weighted by atomic mass is 9.75. The molecule has 0 radical (unpaired) electrons. The largest absolute Gasteiger partial charge is 0.0530 e. The Hall–Kier alpha value is 0. The highest BCUT2D eigenvalue weighted by atomic mass is 14.3. The maximum absolute atomic E-state index is 1.56. The molecule has 3 saturated carbocycles. The zero-order valence-corrected chi connectivity index (χ0v) is 6.81. The van der Waals surface area contributed by atoms with Crippen LogP contribution in [0.3, 0.4) is 0 Å². The van der Waals surface area contributed by atoms with Crippen LogP contribution >= 0.6 is 0 Å². The van der Waals surface area contributed by atoms with E-state index >= 15 is 0 Å². The molecule has 0 heteroatoms. The van der Waals surface area contributed by atoms with Crippen LogP contribution in [-0.4, -0.2) is 0 Å². The van der Waals surface area contributed by atoms with Gasteiger partial charge in [0.15, 0.2) is 0 Å². The van der Waals surface area contributed by atoms with Crippen molar-refractivity contribution in [1.29, 1.82) is 0 Å². The average Bonchev–Trinajstić information content (AvgIpc) is 1.89. The number of hydrogen-bond donors (Lipinski definition) is 0. The summed E-state index contributed by atoms with van der Waals surface area (Å²) in [5, 5.41) is 0. The minimum Gasteiger partial charge on any atom is -0.0530 e. The maximum Gasteiger partial charge on any atom is -0.0414 e. The first-order chi connectivity index (χ1) is 4.95. The zero-order chi connectivity index (χ0) is 6.81. The van der Waals surface area contributed by atoms with Gasteiger partial charge in [0, 0.05) is 0 Å². The van der Waals surface area contributed by atoms with Gasteiger partial charge >= 0.3 is 0 Å². The highest BCUT2D eigenvalue weighted by molar-refractivity contribution is 4.75. The molecule has 0 spiro atoms. The lowest BCUT2D eigenvalue weighted by Crippen LogP contribution is -2.17. The molecule has 10 heavy (non-hydrogen) atoms. The average molecular weight is 138 g/mol. The van der Waals surface area contributed by atoms with Crippen molar-refractivity contribution < 1.29 is 0 Å². The summed E-state index contributed by atoms with van der Waals surface area (Å²) in [6, 6.07) is 0. The Morgan fingerprint density at radius 1 is 0.500 bits per heavy atom. The summed E-state index contributed by atoms with van der Waals surface area (Å²) in [7, 11) is 0. The topological polar surface area (TPSA) is 0 Å². The summed E-state index contributed by atoms with van der Waals surface area (Å²) < 4.78 is 0. The van der Waals surface area contributed by atoms with Gasteiger partial charge in [0.2, 0.25) is 0 Å². The molecule has 3 fully saturated rings. The molecule has 0 aliphatic heterocycles. The van der Waals surface area contributed by atoms with Crippen LogP contribution in [0, 0.1) is 11.8 Å². The molecule has 0 saturated heterocycles. The fourth-order valence-electron chi connectivity index (χ4n) is 2.67. The Labute approximate surface area is 64.0 Å². The standard InChI is InChI=1S/C10H18/c1-2-4-10-7-5-9(3-1)6-8-10/h9-10H,1-8H2/t9-,10+. The van der Waals surface area contributed by atoms with E-state index in [0.29, 0.717) is 0 Å². The molecule has 0 aromatic carbocycles. The van der Waals surface area contributed by atoms with Crippen LogP contribution in [0.5, 0.6) is 0 Å². The van der Waals surface area contributed by atoms with Crippen molar-refractivity contribution in [3.63, 3.8) is 0 Å². The molecule has 3 aliphatic rings. The van der Waals surface area contributed by atoms with Crippen LogP contribution in [0.2, 0.25) is 0 Å². The van der Waals surface area contributed by atoms with E-state index in [2.05, 4.69) is 0 Å². The molecule has 0 nitrogen and oxygen atoms in total. The van der Waals surface area contributed by atoms with Crippen LogP contribution < -0.4 is 0 Å². The molecule has 0 aromatic heterocycles. The Morgan fingerprint density at radius 2 is 0.900 bits per heavy atom. The van der Waals surface area contributed by atoms with E-state index in [9.17, 15) is 0 Å². The SMILES string of the molecule is C1CC[C@H]2CC[C@@H](C1)CC2. The lowest BCUT2D eigenvalue weighted by molar-refractivity contribution is 0.218. The first-order valence-corrected chi connectivity index (χ1v) is 4.95. The Bertz CT molecular complexity index is 79.1. The quantitative estimate of drug-likeness (QED) is 0.481. The molecule has 3 rings (SSSR count). The minimum absolute atomic E-state index is 1.14. The first-order valence-electron chi connectivity index (χ1n) is 4.95. The van der Waals surface area contributed by atoms with Gasteiger partial charge in [0.25, 0.3) is 0 Å². The van der Waals surface area contributed by atoms with Crippen LogP contribution in [0.4, 0.5) is 0 Å². The molecular weight excluding hydrogens is 120 g/mol. The fraction of sp³-hybridized carbons (Fsp3) is 1.00. The van der Waals surface area contributed by atoms with Crippen molar-refractivity contribution in [2.45, 2.75) is 51.4 Å². The van der Waals surface area contributed by atoms with E-state index < -0.39 is 0 Å². The minimum atomic E-state index is 1.14. The summed E-state index contributed by atoms with van der Waals surface area (Å²) in [5.41, 5.74) is 0. The van der Waals surface area contributed by atoms with Gasteiger partial charge in [-0.3, -0.25) is 0 Å². The lowest BCUT2D eigenvalue weighted by Gasteiger charge is -2.31. The molecule has 2 bridgehead atoms. The zero-order valence-electron chi connectivity index (χ0n) is 6.81. The van der Waals surface area contributed by atoms with Gasteiger partial charge in [-0.25, -0.2) is 0 Å². The summed E-state index contributed by atoms with van der Waals surface area (Å²) in [6.45, 7) is 0. The third-order valence-electron chi connectivity index (χ3n) is 3.44. The summed E-state index contributed by atoms with van der Waals surface area (Å²) in [6.07, 6.45) is 12.4. The third kappa shape index (κ3) is 1.36. The van der Waals surface area contributed by atoms with Crippen molar-refractivity contribution in [1.82, 2.24) is 0 Å². The van der Waals surface area contributed by atoms with E-state index in [0.717, 1.165) is 11.8 Å². The molecule has 0 aromatic rings. The number of fused-ring (bicyclic) bond motifs is 5.